The summed E-state index contributed by atoms with van der Waals surface area (Å²) in [6, 6.07) is 10.8. The number of hydrogen-bond donors (Lipinski definition) is 1. The van der Waals surface area contributed by atoms with E-state index in [0.717, 1.165) is 16.4 Å². The number of rotatable bonds is 9. The Morgan fingerprint density at radius 3 is 2.66 bits per heavy atom. The number of carbonyl (C=O) groups excluding carboxylic acids is 2. The van der Waals surface area contributed by atoms with Crippen LogP contribution in [0.2, 0.25) is 0 Å². The summed E-state index contributed by atoms with van der Waals surface area (Å²) in [4.78, 5) is 35.1. The van der Waals surface area contributed by atoms with Gasteiger partial charge in [-0.2, -0.15) is 0 Å². The number of benzene rings is 1. The minimum Gasteiger partial charge on any atom is -0.496 e. The molecule has 3 heterocycles. The fourth-order valence-electron chi connectivity index (χ4n) is 4.34. The van der Waals surface area contributed by atoms with Gasteiger partial charge in [0.2, 0.25) is 5.91 Å². The molecule has 0 bridgehead atoms. The van der Waals surface area contributed by atoms with Gasteiger partial charge in [-0.15, -0.1) is 0 Å². The molecule has 1 aromatic heterocycles. The molecule has 1 unspecified atom stereocenters. The SMILES string of the molecule is CCN(CC)C(=O)C1=C(C)N=C2SC=C(CC(=O)NCc3ccco3)N2C1c1ccccc1OC. The minimum atomic E-state index is -0.467. The van der Waals surface area contributed by atoms with Crippen LogP contribution in [-0.2, 0) is 16.1 Å². The number of para-hydroxylation sites is 1. The van der Waals surface area contributed by atoms with E-state index < -0.39 is 6.04 Å². The molecule has 1 aromatic carbocycles. The van der Waals surface area contributed by atoms with Crippen LogP contribution < -0.4 is 10.1 Å². The normalized spacial score (nSPS) is 17.0. The van der Waals surface area contributed by atoms with Gasteiger partial charge in [0.05, 0.1) is 43.7 Å². The Bertz CT molecular complexity index is 1180. The quantitative estimate of drug-likeness (QED) is 0.555. The van der Waals surface area contributed by atoms with Gasteiger partial charge in [-0.3, -0.25) is 9.59 Å². The second kappa shape index (κ2) is 10.9. The first kappa shape index (κ1) is 24.7. The summed E-state index contributed by atoms with van der Waals surface area (Å²) in [6.07, 6.45) is 1.72. The van der Waals surface area contributed by atoms with E-state index in [1.807, 2.05) is 61.4 Å². The van der Waals surface area contributed by atoms with Crippen LogP contribution >= 0.6 is 11.8 Å². The molecule has 0 radical (unpaired) electrons. The number of furan rings is 1. The lowest BCUT2D eigenvalue weighted by Crippen LogP contribution is -2.42. The van der Waals surface area contributed by atoms with Crippen molar-refractivity contribution in [2.24, 2.45) is 4.99 Å². The third kappa shape index (κ3) is 5.00. The number of hydrogen-bond acceptors (Lipinski definition) is 7. The average Bonchev–Trinajstić information content (AvgIpc) is 3.52. The molecule has 1 N–H and O–H groups in total. The highest BCUT2D eigenvalue weighted by molar-refractivity contribution is 8.16. The molecule has 0 saturated heterocycles. The van der Waals surface area contributed by atoms with Crippen molar-refractivity contribution in [2.45, 2.75) is 39.8 Å². The van der Waals surface area contributed by atoms with Crippen molar-refractivity contribution in [1.29, 1.82) is 0 Å². The van der Waals surface area contributed by atoms with E-state index in [-0.39, 0.29) is 18.2 Å². The number of thioether (sulfide) groups is 1. The maximum absolute atomic E-state index is 13.7. The Labute approximate surface area is 209 Å². The Morgan fingerprint density at radius 1 is 1.20 bits per heavy atom. The number of aliphatic imine (C=N–C) groups is 1. The molecule has 9 heteroatoms. The summed E-state index contributed by atoms with van der Waals surface area (Å²) in [6.45, 7) is 7.30. The van der Waals surface area contributed by atoms with Gasteiger partial charge in [0.15, 0.2) is 5.17 Å². The molecule has 35 heavy (non-hydrogen) atoms. The summed E-state index contributed by atoms with van der Waals surface area (Å²) in [7, 11) is 1.62. The number of ether oxygens (including phenoxy) is 1. The van der Waals surface area contributed by atoms with Crippen molar-refractivity contribution in [3.63, 3.8) is 0 Å². The highest BCUT2D eigenvalue weighted by Gasteiger charge is 2.42. The van der Waals surface area contributed by atoms with Crippen LogP contribution in [-0.4, -0.2) is 47.0 Å². The van der Waals surface area contributed by atoms with Crippen molar-refractivity contribution >= 4 is 28.7 Å². The number of carbonyl (C=O) groups is 2. The smallest absolute Gasteiger partial charge is 0.254 e. The van der Waals surface area contributed by atoms with Crippen LogP contribution in [0.25, 0.3) is 0 Å². The Morgan fingerprint density at radius 2 is 1.97 bits per heavy atom. The summed E-state index contributed by atoms with van der Waals surface area (Å²) >= 11 is 1.46. The molecule has 2 aromatic rings. The number of amidine groups is 1. The Kier molecular flexibility index (Phi) is 7.65. The first-order valence-corrected chi connectivity index (χ1v) is 12.5. The zero-order chi connectivity index (χ0) is 24.9. The molecule has 2 aliphatic rings. The van der Waals surface area contributed by atoms with E-state index in [1.54, 1.807) is 24.3 Å². The molecule has 0 fully saturated rings. The summed E-state index contributed by atoms with van der Waals surface area (Å²) in [5.41, 5.74) is 2.89. The van der Waals surface area contributed by atoms with Crippen LogP contribution in [0.3, 0.4) is 0 Å². The zero-order valence-corrected chi connectivity index (χ0v) is 21.2. The van der Waals surface area contributed by atoms with E-state index in [2.05, 4.69) is 5.32 Å². The third-order valence-corrected chi connectivity index (χ3v) is 6.99. The predicted octanol–water partition coefficient (Wildman–Crippen LogP) is 4.44. The molecular weight excluding hydrogens is 464 g/mol. The highest BCUT2D eigenvalue weighted by atomic mass is 32.2. The second-order valence-electron chi connectivity index (χ2n) is 8.15. The molecule has 184 valence electrons. The second-order valence-corrected chi connectivity index (χ2v) is 8.98. The molecule has 0 aliphatic carbocycles. The zero-order valence-electron chi connectivity index (χ0n) is 20.4. The van der Waals surface area contributed by atoms with Gasteiger partial charge >= 0.3 is 0 Å². The van der Waals surface area contributed by atoms with Crippen LogP contribution in [0, 0.1) is 0 Å². The maximum Gasteiger partial charge on any atom is 0.254 e. The molecule has 1 atom stereocenters. The van der Waals surface area contributed by atoms with Crippen LogP contribution in [0.5, 0.6) is 5.75 Å². The van der Waals surface area contributed by atoms with E-state index >= 15 is 0 Å². The molecule has 0 spiro atoms. The average molecular weight is 495 g/mol. The van der Waals surface area contributed by atoms with Gasteiger partial charge in [-0.05, 0) is 44.4 Å². The first-order chi connectivity index (χ1) is 17.0. The van der Waals surface area contributed by atoms with Gasteiger partial charge in [0.1, 0.15) is 11.5 Å². The first-order valence-electron chi connectivity index (χ1n) is 11.6. The van der Waals surface area contributed by atoms with Gasteiger partial charge in [-0.1, -0.05) is 30.0 Å². The number of methoxy groups -OCH3 is 1. The highest BCUT2D eigenvalue weighted by Crippen LogP contribution is 2.47. The number of fused-ring (bicyclic) bond motifs is 1. The van der Waals surface area contributed by atoms with Crippen molar-refractivity contribution in [3.8, 4) is 5.75 Å². The maximum atomic E-state index is 13.7. The van der Waals surface area contributed by atoms with Crippen molar-refractivity contribution in [1.82, 2.24) is 15.1 Å². The third-order valence-electron chi connectivity index (χ3n) is 6.10. The molecule has 0 saturated carbocycles. The number of allylic oxidation sites excluding steroid dienone is 1. The van der Waals surface area contributed by atoms with Crippen molar-refractivity contribution in [2.75, 3.05) is 20.2 Å². The lowest BCUT2D eigenvalue weighted by atomic mass is 9.92. The molecule has 4 rings (SSSR count). The number of nitrogens with zero attached hydrogens (tertiary/aromatic N) is 3. The fourth-order valence-corrected chi connectivity index (χ4v) is 5.30. The largest absolute Gasteiger partial charge is 0.496 e. The minimum absolute atomic E-state index is 0.0651. The van der Waals surface area contributed by atoms with Gasteiger partial charge in [-0.25, -0.2) is 4.99 Å². The Balaban J connectivity index is 1.70. The van der Waals surface area contributed by atoms with Crippen LogP contribution in [0.15, 0.2) is 74.4 Å². The Hall–Kier alpha value is -3.46. The summed E-state index contributed by atoms with van der Waals surface area (Å²) in [5, 5.41) is 5.58. The van der Waals surface area contributed by atoms with E-state index in [4.69, 9.17) is 14.1 Å². The topological polar surface area (TPSA) is 87.4 Å². The lowest BCUT2D eigenvalue weighted by molar-refractivity contribution is -0.127. The predicted molar refractivity (Wildman–Crippen MR) is 136 cm³/mol. The molecule has 8 nitrogen and oxygen atoms in total. The monoisotopic (exact) mass is 494 g/mol. The standard InChI is InChI=1S/C26H30N4O4S/c1-5-29(6-2)25(32)23-17(3)28-26-30(24(23)20-11-7-8-12-21(20)33-4)18(16-35-26)14-22(31)27-15-19-10-9-13-34-19/h7-13,16,24H,5-6,14-15H2,1-4H3,(H,27,31). The van der Waals surface area contributed by atoms with E-state index in [1.165, 1.54) is 11.8 Å². The molecular formula is C26H30N4O4S. The van der Waals surface area contributed by atoms with Crippen LogP contribution in [0.4, 0.5) is 0 Å². The number of amides is 2. The summed E-state index contributed by atoms with van der Waals surface area (Å²) in [5.74, 6) is 1.15. The van der Waals surface area contributed by atoms with Gasteiger partial charge in [0, 0.05) is 24.4 Å². The molecule has 2 aliphatic heterocycles. The van der Waals surface area contributed by atoms with Crippen molar-refractivity contribution in [3.05, 3.63) is 76.4 Å². The summed E-state index contributed by atoms with van der Waals surface area (Å²) < 4.78 is 11.0. The lowest BCUT2D eigenvalue weighted by Gasteiger charge is -2.38. The number of likely N-dealkylation sites (N-methyl/N-ethyl adjacent to an activating group) is 1. The van der Waals surface area contributed by atoms with Gasteiger partial charge < -0.3 is 24.3 Å². The van der Waals surface area contributed by atoms with Crippen LogP contribution in [0.1, 0.15) is 44.6 Å². The molecule has 2 amide bonds. The van der Waals surface area contributed by atoms with E-state index in [0.29, 0.717) is 42.4 Å². The van der Waals surface area contributed by atoms with Gasteiger partial charge in [0.25, 0.3) is 5.91 Å². The number of nitrogens with one attached hydrogen (secondary N) is 1. The van der Waals surface area contributed by atoms with E-state index in [9.17, 15) is 9.59 Å². The van der Waals surface area contributed by atoms with Crippen molar-refractivity contribution < 1.29 is 18.7 Å². The fraction of sp³-hybridized carbons (Fsp3) is 0.346.